The van der Waals surface area contributed by atoms with Crippen molar-refractivity contribution >= 4 is 5.91 Å². The summed E-state index contributed by atoms with van der Waals surface area (Å²) in [5.74, 6) is 1.37. The van der Waals surface area contributed by atoms with E-state index in [2.05, 4.69) is 20.2 Å². The number of rotatable bonds is 4. The number of likely N-dealkylation sites (tertiary alicyclic amines) is 1. The van der Waals surface area contributed by atoms with Gasteiger partial charge in [-0.2, -0.15) is 5.10 Å². The summed E-state index contributed by atoms with van der Waals surface area (Å²) in [5.41, 5.74) is 2.53. The lowest BCUT2D eigenvalue weighted by Crippen LogP contribution is -2.41. The maximum atomic E-state index is 12.9. The average molecular weight is 363 g/mol. The van der Waals surface area contributed by atoms with Crippen LogP contribution in [0.15, 0.2) is 48.9 Å². The van der Waals surface area contributed by atoms with Gasteiger partial charge in [-0.1, -0.05) is 18.2 Å². The lowest BCUT2D eigenvalue weighted by atomic mass is 10.0. The zero-order valence-corrected chi connectivity index (χ0v) is 15.1. The second-order valence-corrected chi connectivity index (χ2v) is 6.65. The summed E-state index contributed by atoms with van der Waals surface area (Å²) < 4.78 is 6.02. The molecule has 27 heavy (non-hydrogen) atoms. The molecule has 1 amide bonds. The first-order valence-corrected chi connectivity index (χ1v) is 9.04. The predicted molar refractivity (Wildman–Crippen MR) is 100 cm³/mol. The van der Waals surface area contributed by atoms with Gasteiger partial charge in [0.2, 0.25) is 5.88 Å². The minimum absolute atomic E-state index is 0.0313. The van der Waals surface area contributed by atoms with Crippen molar-refractivity contribution in [2.75, 3.05) is 13.1 Å². The number of carbonyl (C=O) groups is 1. The summed E-state index contributed by atoms with van der Waals surface area (Å²) in [6, 6.07) is 11.3. The van der Waals surface area contributed by atoms with Gasteiger partial charge < -0.3 is 9.64 Å². The van der Waals surface area contributed by atoms with E-state index in [0.717, 1.165) is 24.0 Å². The van der Waals surface area contributed by atoms with Crippen molar-refractivity contribution in [1.29, 1.82) is 0 Å². The van der Waals surface area contributed by atoms with E-state index in [-0.39, 0.29) is 12.0 Å². The van der Waals surface area contributed by atoms with Crippen LogP contribution in [0, 0.1) is 6.92 Å². The molecule has 7 heteroatoms. The van der Waals surface area contributed by atoms with Crippen LogP contribution in [-0.2, 0) is 0 Å². The van der Waals surface area contributed by atoms with Gasteiger partial charge >= 0.3 is 0 Å². The fourth-order valence-corrected chi connectivity index (χ4v) is 3.26. The number of aromatic amines is 1. The Bertz CT molecular complexity index is 918. The van der Waals surface area contributed by atoms with Gasteiger partial charge in [-0.3, -0.25) is 9.89 Å². The van der Waals surface area contributed by atoms with Gasteiger partial charge in [-0.05, 0) is 25.1 Å². The number of carbonyl (C=O) groups excluding carboxylic acids is 1. The van der Waals surface area contributed by atoms with E-state index in [1.165, 1.54) is 6.33 Å². The van der Waals surface area contributed by atoms with E-state index >= 15 is 0 Å². The van der Waals surface area contributed by atoms with Crippen LogP contribution in [0.2, 0.25) is 0 Å². The molecule has 0 spiro atoms. The highest BCUT2D eigenvalue weighted by atomic mass is 16.5. The zero-order chi connectivity index (χ0) is 18.6. The molecule has 1 fully saturated rings. The summed E-state index contributed by atoms with van der Waals surface area (Å²) in [5, 5.41) is 6.69. The summed E-state index contributed by atoms with van der Waals surface area (Å²) >= 11 is 0. The monoisotopic (exact) mass is 363 g/mol. The van der Waals surface area contributed by atoms with Gasteiger partial charge in [-0.15, -0.1) is 0 Å². The van der Waals surface area contributed by atoms with E-state index in [9.17, 15) is 4.79 Å². The van der Waals surface area contributed by atoms with Crippen molar-refractivity contribution in [2.24, 2.45) is 0 Å². The van der Waals surface area contributed by atoms with Gasteiger partial charge in [0.1, 0.15) is 12.4 Å². The standard InChI is InChI=1S/C20H21N5O2/c1-14-4-3-9-21-19(14)27-17-7-10-25(11-8-17)20(26)16-6-2-5-15(12-16)18-22-13-23-24-18/h2-6,9,12-13,17H,7-8,10-11H2,1H3,(H,22,23,24). The Morgan fingerprint density at radius 1 is 1.19 bits per heavy atom. The number of H-pyrrole nitrogens is 1. The van der Waals surface area contributed by atoms with Gasteiger partial charge in [-0.25, -0.2) is 9.97 Å². The Morgan fingerprint density at radius 3 is 2.78 bits per heavy atom. The Balaban J connectivity index is 1.39. The smallest absolute Gasteiger partial charge is 0.253 e. The average Bonchev–Trinajstić information content (AvgIpc) is 3.25. The third-order valence-corrected chi connectivity index (χ3v) is 4.77. The van der Waals surface area contributed by atoms with Gasteiger partial charge in [0, 0.05) is 48.8 Å². The molecule has 3 aromatic rings. The number of ether oxygens (including phenoxy) is 1. The topological polar surface area (TPSA) is 84.0 Å². The van der Waals surface area contributed by atoms with Crippen LogP contribution < -0.4 is 4.74 Å². The second kappa shape index (κ2) is 7.57. The van der Waals surface area contributed by atoms with Crippen LogP contribution in [0.4, 0.5) is 0 Å². The molecule has 1 aliphatic rings. The molecule has 138 valence electrons. The second-order valence-electron chi connectivity index (χ2n) is 6.65. The minimum Gasteiger partial charge on any atom is -0.474 e. The molecule has 0 atom stereocenters. The highest BCUT2D eigenvalue weighted by Gasteiger charge is 2.25. The van der Waals surface area contributed by atoms with Crippen LogP contribution in [0.3, 0.4) is 0 Å². The number of aromatic nitrogens is 4. The number of amides is 1. The third kappa shape index (κ3) is 3.81. The SMILES string of the molecule is Cc1cccnc1OC1CCN(C(=O)c2cccc(-c3ncn[nH]3)c2)CC1. The highest BCUT2D eigenvalue weighted by molar-refractivity contribution is 5.95. The summed E-state index contributed by atoms with van der Waals surface area (Å²) in [6.45, 7) is 3.33. The Kier molecular flexibility index (Phi) is 4.82. The number of aryl methyl sites for hydroxylation is 1. The molecule has 0 saturated carbocycles. The fourth-order valence-electron chi connectivity index (χ4n) is 3.26. The molecule has 1 saturated heterocycles. The van der Waals surface area contributed by atoms with E-state index < -0.39 is 0 Å². The highest BCUT2D eigenvalue weighted by Crippen LogP contribution is 2.22. The van der Waals surface area contributed by atoms with Crippen LogP contribution >= 0.6 is 0 Å². The van der Waals surface area contributed by atoms with Crippen molar-refractivity contribution in [3.63, 3.8) is 0 Å². The number of nitrogens with one attached hydrogen (secondary N) is 1. The van der Waals surface area contributed by atoms with Crippen molar-refractivity contribution in [3.05, 3.63) is 60.0 Å². The van der Waals surface area contributed by atoms with Crippen molar-refractivity contribution in [2.45, 2.75) is 25.9 Å². The van der Waals surface area contributed by atoms with Gasteiger partial charge in [0.05, 0.1) is 0 Å². The molecule has 1 aromatic carbocycles. The number of hydrogen-bond donors (Lipinski definition) is 1. The Hall–Kier alpha value is -3.22. The summed E-state index contributed by atoms with van der Waals surface area (Å²) in [4.78, 5) is 23.2. The first-order valence-electron chi connectivity index (χ1n) is 9.04. The molecule has 0 aliphatic carbocycles. The molecular formula is C20H21N5O2. The third-order valence-electron chi connectivity index (χ3n) is 4.77. The maximum absolute atomic E-state index is 12.9. The number of hydrogen-bond acceptors (Lipinski definition) is 5. The molecule has 0 bridgehead atoms. The van der Waals surface area contributed by atoms with E-state index in [4.69, 9.17) is 4.74 Å². The number of piperidine rings is 1. The lowest BCUT2D eigenvalue weighted by Gasteiger charge is -2.32. The molecule has 7 nitrogen and oxygen atoms in total. The van der Waals surface area contributed by atoms with E-state index in [1.807, 2.05) is 48.2 Å². The van der Waals surface area contributed by atoms with Crippen LogP contribution in [0.25, 0.3) is 11.4 Å². The van der Waals surface area contributed by atoms with E-state index in [0.29, 0.717) is 30.4 Å². The molecular weight excluding hydrogens is 342 g/mol. The molecule has 4 rings (SSSR count). The minimum atomic E-state index is 0.0313. The molecule has 0 radical (unpaired) electrons. The fraction of sp³-hybridized carbons (Fsp3) is 0.300. The maximum Gasteiger partial charge on any atom is 0.253 e. The van der Waals surface area contributed by atoms with Crippen molar-refractivity contribution in [1.82, 2.24) is 25.1 Å². The quantitative estimate of drug-likeness (QED) is 0.770. The predicted octanol–water partition coefficient (Wildman–Crippen LogP) is 2.86. The first-order chi connectivity index (χ1) is 13.2. The van der Waals surface area contributed by atoms with Gasteiger partial charge in [0.25, 0.3) is 5.91 Å². The molecule has 1 aliphatic heterocycles. The number of pyridine rings is 1. The molecule has 2 aromatic heterocycles. The summed E-state index contributed by atoms with van der Waals surface area (Å²) in [6.07, 6.45) is 4.87. The van der Waals surface area contributed by atoms with Crippen LogP contribution in [0.5, 0.6) is 5.88 Å². The van der Waals surface area contributed by atoms with Crippen LogP contribution in [-0.4, -0.2) is 50.2 Å². The normalized spacial score (nSPS) is 14.9. The molecule has 0 unspecified atom stereocenters. The number of nitrogens with zero attached hydrogens (tertiary/aromatic N) is 4. The molecule has 3 heterocycles. The van der Waals surface area contributed by atoms with Crippen LogP contribution in [0.1, 0.15) is 28.8 Å². The lowest BCUT2D eigenvalue weighted by molar-refractivity contribution is 0.0586. The Labute approximate surface area is 157 Å². The van der Waals surface area contributed by atoms with Gasteiger partial charge in [0.15, 0.2) is 5.82 Å². The summed E-state index contributed by atoms with van der Waals surface area (Å²) in [7, 11) is 0. The zero-order valence-electron chi connectivity index (χ0n) is 15.1. The van der Waals surface area contributed by atoms with Crippen molar-refractivity contribution in [3.8, 4) is 17.3 Å². The van der Waals surface area contributed by atoms with Crippen molar-refractivity contribution < 1.29 is 9.53 Å². The Morgan fingerprint density at radius 2 is 2.04 bits per heavy atom. The first kappa shape index (κ1) is 17.2. The molecule has 1 N–H and O–H groups in total. The largest absolute Gasteiger partial charge is 0.474 e. The van der Waals surface area contributed by atoms with E-state index in [1.54, 1.807) is 6.20 Å². The number of benzene rings is 1.